The van der Waals surface area contributed by atoms with Crippen molar-refractivity contribution in [3.8, 4) is 0 Å². The molecule has 2 N–H and O–H groups in total. The summed E-state index contributed by atoms with van der Waals surface area (Å²) in [5.74, 6) is 1.10. The van der Waals surface area contributed by atoms with E-state index in [9.17, 15) is 0 Å². The number of aromatic nitrogens is 2. The Labute approximate surface area is 102 Å². The summed E-state index contributed by atoms with van der Waals surface area (Å²) in [6, 6.07) is 0.574. The van der Waals surface area contributed by atoms with Crippen LogP contribution in [0.3, 0.4) is 0 Å². The zero-order valence-corrected chi connectivity index (χ0v) is 10.2. The zero-order valence-electron chi connectivity index (χ0n) is 10.2. The molecule has 1 saturated heterocycles. The number of hydrogen-bond donors (Lipinski definition) is 2. The quantitative estimate of drug-likeness (QED) is 0.811. The second-order valence-corrected chi connectivity index (χ2v) is 5.02. The van der Waals surface area contributed by atoms with Crippen LogP contribution < -0.4 is 10.6 Å². The maximum atomic E-state index is 4.43. The van der Waals surface area contributed by atoms with Crippen LogP contribution in [0.15, 0.2) is 6.33 Å². The molecule has 0 amide bonds. The lowest BCUT2D eigenvalue weighted by Gasteiger charge is -2.18. The molecule has 1 fully saturated rings. The number of fused-ring (bicyclic) bond motifs is 1. The fourth-order valence-electron chi connectivity index (χ4n) is 2.84. The molecule has 1 atom stereocenters. The summed E-state index contributed by atoms with van der Waals surface area (Å²) in [5, 5.41) is 7.07. The molecule has 1 aliphatic heterocycles. The minimum Gasteiger partial charge on any atom is -0.367 e. The first-order valence-electron chi connectivity index (χ1n) is 6.73. The summed E-state index contributed by atoms with van der Waals surface area (Å²) < 4.78 is 0. The van der Waals surface area contributed by atoms with E-state index in [1.54, 1.807) is 6.33 Å². The molecule has 0 saturated carbocycles. The lowest BCUT2D eigenvalue weighted by atomic mass is 10.1. The Hall–Kier alpha value is -1.16. The predicted molar refractivity (Wildman–Crippen MR) is 68.2 cm³/mol. The van der Waals surface area contributed by atoms with Crippen LogP contribution in [-0.2, 0) is 12.8 Å². The molecule has 1 aromatic rings. The molecular formula is C13H20N4. The average molecular weight is 232 g/mol. The van der Waals surface area contributed by atoms with Crippen LogP contribution in [0, 0.1) is 0 Å². The van der Waals surface area contributed by atoms with Crippen LogP contribution in [0.4, 0.5) is 5.82 Å². The van der Waals surface area contributed by atoms with E-state index >= 15 is 0 Å². The second-order valence-electron chi connectivity index (χ2n) is 5.02. The van der Waals surface area contributed by atoms with Gasteiger partial charge in [0.2, 0.25) is 0 Å². The molecule has 1 aliphatic carbocycles. The van der Waals surface area contributed by atoms with Gasteiger partial charge in [0.15, 0.2) is 0 Å². The van der Waals surface area contributed by atoms with Crippen molar-refractivity contribution in [2.45, 2.75) is 44.6 Å². The molecule has 0 aromatic carbocycles. The average Bonchev–Trinajstić information content (AvgIpc) is 2.69. The highest BCUT2D eigenvalue weighted by Gasteiger charge is 2.19. The molecule has 4 nitrogen and oxygen atoms in total. The maximum Gasteiger partial charge on any atom is 0.133 e. The van der Waals surface area contributed by atoms with Crippen molar-refractivity contribution >= 4 is 5.82 Å². The Morgan fingerprint density at radius 2 is 2.12 bits per heavy atom. The number of hydrogen-bond acceptors (Lipinski definition) is 4. The van der Waals surface area contributed by atoms with Gasteiger partial charge in [-0.05, 0) is 51.6 Å². The molecule has 0 spiro atoms. The van der Waals surface area contributed by atoms with Crippen molar-refractivity contribution in [3.63, 3.8) is 0 Å². The molecular weight excluding hydrogens is 212 g/mol. The molecule has 4 heteroatoms. The van der Waals surface area contributed by atoms with E-state index in [0.29, 0.717) is 6.04 Å². The summed E-state index contributed by atoms with van der Waals surface area (Å²) in [5.41, 5.74) is 2.62. The van der Waals surface area contributed by atoms with Gasteiger partial charge in [0.25, 0.3) is 0 Å². The van der Waals surface area contributed by atoms with E-state index in [2.05, 4.69) is 20.6 Å². The molecule has 2 heterocycles. The van der Waals surface area contributed by atoms with Gasteiger partial charge in [-0.1, -0.05) is 0 Å². The molecule has 0 radical (unpaired) electrons. The van der Waals surface area contributed by atoms with Gasteiger partial charge in [0.05, 0.1) is 0 Å². The Morgan fingerprint density at radius 3 is 3.12 bits per heavy atom. The fourth-order valence-corrected chi connectivity index (χ4v) is 2.84. The number of rotatable bonds is 2. The highest BCUT2D eigenvalue weighted by atomic mass is 15.0. The van der Waals surface area contributed by atoms with Gasteiger partial charge in [0.1, 0.15) is 12.1 Å². The maximum absolute atomic E-state index is 4.43. The van der Waals surface area contributed by atoms with Gasteiger partial charge in [-0.3, -0.25) is 0 Å². The molecule has 0 bridgehead atoms. The van der Waals surface area contributed by atoms with Gasteiger partial charge in [0, 0.05) is 17.3 Å². The van der Waals surface area contributed by atoms with E-state index < -0.39 is 0 Å². The highest BCUT2D eigenvalue weighted by molar-refractivity contribution is 5.48. The normalized spacial score (nSPS) is 24.1. The molecule has 92 valence electrons. The summed E-state index contributed by atoms with van der Waals surface area (Å²) in [6.45, 7) is 2.27. The van der Waals surface area contributed by atoms with Crippen LogP contribution >= 0.6 is 0 Å². The van der Waals surface area contributed by atoms with Crippen LogP contribution in [0.2, 0.25) is 0 Å². The zero-order chi connectivity index (χ0) is 11.5. The Morgan fingerprint density at radius 1 is 1.12 bits per heavy atom. The minimum atomic E-state index is 0.574. The third-order valence-corrected chi connectivity index (χ3v) is 3.79. The van der Waals surface area contributed by atoms with Crippen LogP contribution in [0.5, 0.6) is 0 Å². The monoisotopic (exact) mass is 232 g/mol. The van der Waals surface area contributed by atoms with Gasteiger partial charge >= 0.3 is 0 Å². The minimum absolute atomic E-state index is 0.574. The van der Waals surface area contributed by atoms with Gasteiger partial charge < -0.3 is 10.6 Å². The van der Waals surface area contributed by atoms with Crippen molar-refractivity contribution in [1.29, 1.82) is 0 Å². The second kappa shape index (κ2) is 5.00. The third-order valence-electron chi connectivity index (χ3n) is 3.79. The first kappa shape index (κ1) is 11.0. The Bertz CT molecular complexity index is 383. The molecule has 1 aromatic heterocycles. The molecule has 2 aliphatic rings. The lowest BCUT2D eigenvalue weighted by molar-refractivity contribution is 0.633. The van der Waals surface area contributed by atoms with Crippen LogP contribution in [0.1, 0.15) is 36.9 Å². The van der Waals surface area contributed by atoms with Crippen molar-refractivity contribution in [1.82, 2.24) is 15.3 Å². The van der Waals surface area contributed by atoms with E-state index in [1.807, 2.05) is 0 Å². The van der Waals surface area contributed by atoms with Gasteiger partial charge in [-0.2, -0.15) is 0 Å². The largest absolute Gasteiger partial charge is 0.367 e. The predicted octanol–water partition coefficient (Wildman–Crippen LogP) is 1.52. The Balaban J connectivity index is 1.74. The summed E-state index contributed by atoms with van der Waals surface area (Å²) >= 11 is 0. The Kier molecular flexibility index (Phi) is 3.22. The van der Waals surface area contributed by atoms with Gasteiger partial charge in [-0.15, -0.1) is 0 Å². The standard InChI is InChI=1S/C13H20N4/c1-4-11-12(5-1)15-9-16-13(11)17-10-3-2-7-14-8-6-10/h9-10,14H,1-8H2,(H,15,16,17). The molecule has 1 unspecified atom stereocenters. The van der Waals surface area contributed by atoms with Crippen molar-refractivity contribution in [3.05, 3.63) is 17.6 Å². The first-order valence-corrected chi connectivity index (χ1v) is 6.73. The van der Waals surface area contributed by atoms with E-state index in [-0.39, 0.29) is 0 Å². The van der Waals surface area contributed by atoms with Crippen molar-refractivity contribution in [2.24, 2.45) is 0 Å². The van der Waals surface area contributed by atoms with Crippen molar-refractivity contribution in [2.75, 3.05) is 18.4 Å². The van der Waals surface area contributed by atoms with E-state index in [1.165, 1.54) is 36.9 Å². The fraction of sp³-hybridized carbons (Fsp3) is 0.692. The van der Waals surface area contributed by atoms with E-state index in [0.717, 1.165) is 31.7 Å². The van der Waals surface area contributed by atoms with Crippen molar-refractivity contribution < 1.29 is 0 Å². The third kappa shape index (κ3) is 2.41. The van der Waals surface area contributed by atoms with Crippen LogP contribution in [-0.4, -0.2) is 29.1 Å². The highest BCUT2D eigenvalue weighted by Crippen LogP contribution is 2.26. The number of nitrogens with zero attached hydrogens (tertiary/aromatic N) is 2. The summed E-state index contributed by atoms with van der Waals surface area (Å²) in [6.07, 6.45) is 8.90. The first-order chi connectivity index (χ1) is 8.43. The smallest absolute Gasteiger partial charge is 0.133 e. The van der Waals surface area contributed by atoms with E-state index in [4.69, 9.17) is 0 Å². The van der Waals surface area contributed by atoms with Crippen LogP contribution in [0.25, 0.3) is 0 Å². The lowest BCUT2D eigenvalue weighted by Crippen LogP contribution is -2.23. The number of aryl methyl sites for hydroxylation is 1. The number of anilines is 1. The molecule has 3 rings (SSSR count). The topological polar surface area (TPSA) is 49.8 Å². The summed E-state index contributed by atoms with van der Waals surface area (Å²) in [7, 11) is 0. The molecule has 17 heavy (non-hydrogen) atoms. The number of nitrogens with one attached hydrogen (secondary N) is 2. The summed E-state index contributed by atoms with van der Waals surface area (Å²) in [4.78, 5) is 8.80. The SMILES string of the molecule is c1nc2c(c(NC3CCCNCC3)n1)CCC2. The van der Waals surface area contributed by atoms with Gasteiger partial charge in [-0.25, -0.2) is 9.97 Å².